The number of nitrogens with one attached hydrogen (secondary N) is 1. The SMILES string of the molecule is COC(=O)c1ccc(C2CN3CCOCC3CN2)cc1. The molecule has 2 unspecified atom stereocenters. The van der Waals surface area contributed by atoms with Gasteiger partial charge in [-0.1, -0.05) is 12.1 Å². The van der Waals surface area contributed by atoms with Crippen LogP contribution in [0.25, 0.3) is 0 Å². The van der Waals surface area contributed by atoms with Gasteiger partial charge in [-0.3, -0.25) is 4.90 Å². The monoisotopic (exact) mass is 276 g/mol. The number of esters is 1. The predicted octanol–water partition coefficient (Wildman–Crippen LogP) is 0.818. The van der Waals surface area contributed by atoms with Gasteiger partial charge in [0.05, 0.1) is 25.9 Å². The summed E-state index contributed by atoms with van der Waals surface area (Å²) in [7, 11) is 1.40. The summed E-state index contributed by atoms with van der Waals surface area (Å²) in [6, 6.07) is 8.48. The first-order valence-electron chi connectivity index (χ1n) is 7.01. The van der Waals surface area contributed by atoms with Gasteiger partial charge in [-0.25, -0.2) is 4.79 Å². The van der Waals surface area contributed by atoms with Crippen LogP contribution in [0.3, 0.4) is 0 Å². The highest BCUT2D eigenvalue weighted by Crippen LogP contribution is 2.22. The highest BCUT2D eigenvalue weighted by atomic mass is 16.5. The van der Waals surface area contributed by atoms with Crippen LogP contribution in [0.5, 0.6) is 0 Å². The van der Waals surface area contributed by atoms with E-state index >= 15 is 0 Å². The van der Waals surface area contributed by atoms with Crippen molar-refractivity contribution in [2.75, 3.05) is 40.0 Å². The quantitative estimate of drug-likeness (QED) is 0.810. The van der Waals surface area contributed by atoms with Gasteiger partial charge in [0, 0.05) is 31.7 Å². The lowest BCUT2D eigenvalue weighted by Gasteiger charge is -2.43. The Labute approximate surface area is 118 Å². The molecule has 0 amide bonds. The third kappa shape index (κ3) is 2.70. The number of morpholine rings is 1. The predicted molar refractivity (Wildman–Crippen MR) is 74.7 cm³/mol. The molecule has 2 fully saturated rings. The minimum absolute atomic E-state index is 0.290. The first kappa shape index (κ1) is 13.5. The second kappa shape index (κ2) is 5.91. The lowest BCUT2D eigenvalue weighted by molar-refractivity contribution is -0.0263. The molecule has 20 heavy (non-hydrogen) atoms. The summed E-state index contributed by atoms with van der Waals surface area (Å²) in [6.45, 7) is 4.59. The van der Waals surface area contributed by atoms with Gasteiger partial charge in [0.15, 0.2) is 0 Å². The third-order valence-corrected chi connectivity index (χ3v) is 4.10. The number of ether oxygens (including phenoxy) is 2. The summed E-state index contributed by atoms with van der Waals surface area (Å²) in [5.41, 5.74) is 1.80. The van der Waals surface area contributed by atoms with Gasteiger partial charge in [-0.15, -0.1) is 0 Å². The Balaban J connectivity index is 1.68. The molecule has 0 radical (unpaired) electrons. The van der Waals surface area contributed by atoms with Crippen LogP contribution < -0.4 is 5.32 Å². The van der Waals surface area contributed by atoms with Gasteiger partial charge >= 0.3 is 5.97 Å². The maximum absolute atomic E-state index is 11.4. The van der Waals surface area contributed by atoms with E-state index in [0.717, 1.165) is 32.8 Å². The van der Waals surface area contributed by atoms with E-state index in [1.54, 1.807) is 0 Å². The maximum Gasteiger partial charge on any atom is 0.337 e. The lowest BCUT2D eigenvalue weighted by atomic mass is 10.00. The molecule has 2 atom stereocenters. The smallest absolute Gasteiger partial charge is 0.337 e. The molecule has 1 aromatic rings. The van der Waals surface area contributed by atoms with Crippen LogP contribution >= 0.6 is 0 Å². The van der Waals surface area contributed by atoms with E-state index in [9.17, 15) is 4.79 Å². The van der Waals surface area contributed by atoms with Gasteiger partial charge in [0.1, 0.15) is 0 Å². The first-order valence-corrected chi connectivity index (χ1v) is 7.01. The van der Waals surface area contributed by atoms with Crippen LogP contribution in [0.1, 0.15) is 22.0 Å². The molecule has 1 aromatic carbocycles. The normalized spacial score (nSPS) is 26.9. The number of hydrogen-bond acceptors (Lipinski definition) is 5. The fourth-order valence-electron chi connectivity index (χ4n) is 2.89. The van der Waals surface area contributed by atoms with E-state index in [4.69, 9.17) is 9.47 Å². The Morgan fingerprint density at radius 1 is 1.40 bits per heavy atom. The van der Waals surface area contributed by atoms with Crippen LogP contribution in [0.2, 0.25) is 0 Å². The van der Waals surface area contributed by atoms with E-state index in [1.807, 2.05) is 24.3 Å². The van der Waals surface area contributed by atoms with Gasteiger partial charge in [0.25, 0.3) is 0 Å². The van der Waals surface area contributed by atoms with Crippen molar-refractivity contribution in [3.05, 3.63) is 35.4 Å². The molecule has 0 bridgehead atoms. The van der Waals surface area contributed by atoms with Gasteiger partial charge in [0.2, 0.25) is 0 Å². The highest BCUT2D eigenvalue weighted by Gasteiger charge is 2.30. The standard InChI is InChI=1S/C15H20N2O3/c1-19-15(18)12-4-2-11(3-5-12)14-9-17-6-7-20-10-13(17)8-16-14/h2-5,13-14,16H,6-10H2,1H3. The topological polar surface area (TPSA) is 50.8 Å². The molecule has 0 aromatic heterocycles. The zero-order chi connectivity index (χ0) is 13.9. The third-order valence-electron chi connectivity index (χ3n) is 4.10. The van der Waals surface area contributed by atoms with E-state index in [-0.39, 0.29) is 5.97 Å². The number of hydrogen-bond donors (Lipinski definition) is 1. The molecule has 108 valence electrons. The molecular weight excluding hydrogens is 256 g/mol. The zero-order valence-corrected chi connectivity index (χ0v) is 11.7. The number of rotatable bonds is 2. The molecule has 1 N–H and O–H groups in total. The molecule has 2 aliphatic heterocycles. The summed E-state index contributed by atoms with van der Waals surface area (Å²) in [5.74, 6) is -0.290. The number of nitrogens with zero attached hydrogens (tertiary/aromatic N) is 1. The summed E-state index contributed by atoms with van der Waals surface area (Å²) < 4.78 is 10.2. The number of carbonyl (C=O) groups is 1. The van der Waals surface area contributed by atoms with E-state index < -0.39 is 0 Å². The van der Waals surface area contributed by atoms with Crippen LogP contribution in [0, 0.1) is 0 Å². The fourth-order valence-corrected chi connectivity index (χ4v) is 2.89. The zero-order valence-electron chi connectivity index (χ0n) is 11.7. The van der Waals surface area contributed by atoms with Gasteiger partial charge in [-0.05, 0) is 17.7 Å². The van der Waals surface area contributed by atoms with Crippen molar-refractivity contribution >= 4 is 5.97 Å². The molecule has 2 saturated heterocycles. The van der Waals surface area contributed by atoms with Crippen molar-refractivity contribution < 1.29 is 14.3 Å². The van der Waals surface area contributed by atoms with Crippen molar-refractivity contribution in [2.24, 2.45) is 0 Å². The average molecular weight is 276 g/mol. The van der Waals surface area contributed by atoms with Crippen LogP contribution in [-0.4, -0.2) is 56.9 Å². The minimum Gasteiger partial charge on any atom is -0.465 e. The summed E-state index contributed by atoms with van der Waals surface area (Å²) in [6.07, 6.45) is 0. The molecule has 2 heterocycles. The lowest BCUT2D eigenvalue weighted by Crippen LogP contribution is -2.57. The minimum atomic E-state index is -0.290. The van der Waals surface area contributed by atoms with Crippen molar-refractivity contribution in [1.29, 1.82) is 0 Å². The van der Waals surface area contributed by atoms with Crippen LogP contribution in [0.15, 0.2) is 24.3 Å². The average Bonchev–Trinajstić information content (AvgIpc) is 2.54. The Hall–Kier alpha value is -1.43. The largest absolute Gasteiger partial charge is 0.465 e. The van der Waals surface area contributed by atoms with E-state index in [2.05, 4.69) is 10.2 Å². The second-order valence-corrected chi connectivity index (χ2v) is 5.30. The number of fused-ring (bicyclic) bond motifs is 1. The highest BCUT2D eigenvalue weighted by molar-refractivity contribution is 5.89. The second-order valence-electron chi connectivity index (χ2n) is 5.30. The molecular formula is C15H20N2O3. The van der Waals surface area contributed by atoms with Gasteiger partial charge < -0.3 is 14.8 Å². The Morgan fingerprint density at radius 2 is 2.20 bits per heavy atom. The number of carbonyl (C=O) groups excluding carboxylic acids is 1. The molecule has 0 aliphatic carbocycles. The van der Waals surface area contributed by atoms with Gasteiger partial charge in [-0.2, -0.15) is 0 Å². The van der Waals surface area contributed by atoms with E-state index in [0.29, 0.717) is 17.6 Å². The first-order chi connectivity index (χ1) is 9.78. The maximum atomic E-state index is 11.4. The van der Waals surface area contributed by atoms with Crippen molar-refractivity contribution in [3.8, 4) is 0 Å². The Morgan fingerprint density at radius 3 is 2.95 bits per heavy atom. The number of piperazine rings is 1. The van der Waals surface area contributed by atoms with E-state index in [1.165, 1.54) is 12.7 Å². The summed E-state index contributed by atoms with van der Waals surface area (Å²) in [4.78, 5) is 13.9. The van der Waals surface area contributed by atoms with Crippen LogP contribution in [0.4, 0.5) is 0 Å². The van der Waals surface area contributed by atoms with Crippen LogP contribution in [-0.2, 0) is 9.47 Å². The Bertz CT molecular complexity index is 475. The molecule has 5 heteroatoms. The summed E-state index contributed by atoms with van der Waals surface area (Å²) in [5, 5.41) is 3.56. The van der Waals surface area contributed by atoms with Crippen molar-refractivity contribution in [1.82, 2.24) is 10.2 Å². The fraction of sp³-hybridized carbons (Fsp3) is 0.533. The Kier molecular flexibility index (Phi) is 4.00. The molecule has 2 aliphatic rings. The van der Waals surface area contributed by atoms with Crippen molar-refractivity contribution in [3.63, 3.8) is 0 Å². The number of methoxy groups -OCH3 is 1. The molecule has 3 rings (SSSR count). The summed E-state index contributed by atoms with van der Waals surface area (Å²) >= 11 is 0. The number of benzene rings is 1. The molecule has 0 spiro atoms. The molecule has 5 nitrogen and oxygen atoms in total. The van der Waals surface area contributed by atoms with Crippen molar-refractivity contribution in [2.45, 2.75) is 12.1 Å². The molecule has 0 saturated carbocycles.